The maximum Gasteiger partial charge on any atom is 0.266 e. The Morgan fingerprint density at radius 3 is 2.61 bits per heavy atom. The highest BCUT2D eigenvalue weighted by molar-refractivity contribution is 6.31. The van der Waals surface area contributed by atoms with Gasteiger partial charge in [-0.3, -0.25) is 14.4 Å². The van der Waals surface area contributed by atoms with Gasteiger partial charge in [-0.25, -0.2) is 0 Å². The molecule has 4 rings (SSSR count). The van der Waals surface area contributed by atoms with Crippen LogP contribution in [0.5, 0.6) is 5.75 Å². The Kier molecular flexibility index (Phi) is 5.73. The zero-order valence-corrected chi connectivity index (χ0v) is 17.4. The van der Waals surface area contributed by atoms with Crippen LogP contribution in [0.3, 0.4) is 0 Å². The molecular weight excluding hydrogens is 416 g/mol. The summed E-state index contributed by atoms with van der Waals surface area (Å²) in [5.41, 5.74) is 2.62. The van der Waals surface area contributed by atoms with Crippen LogP contribution < -0.4 is 15.4 Å². The zero-order chi connectivity index (χ0) is 22.0. The van der Waals surface area contributed by atoms with E-state index in [0.29, 0.717) is 27.7 Å². The molecule has 0 radical (unpaired) electrons. The summed E-state index contributed by atoms with van der Waals surface area (Å²) in [5.74, 6) is -0.617. The minimum absolute atomic E-state index is 0.208. The second-order valence-electron chi connectivity index (χ2n) is 7.23. The molecule has 0 bridgehead atoms. The topological polar surface area (TPSA) is 84.5 Å². The number of aryl methyl sites for hydroxylation is 1. The lowest BCUT2D eigenvalue weighted by Gasteiger charge is -2.25. The van der Waals surface area contributed by atoms with Crippen LogP contribution in [0.15, 0.2) is 66.7 Å². The molecule has 0 aromatic heterocycles. The molecule has 3 aromatic rings. The molecule has 1 heterocycles. The summed E-state index contributed by atoms with van der Waals surface area (Å²) in [6.45, 7) is 1.91. The quantitative estimate of drug-likeness (QED) is 0.574. The fourth-order valence-corrected chi connectivity index (χ4v) is 3.50. The van der Waals surface area contributed by atoms with Crippen molar-refractivity contribution in [2.24, 2.45) is 0 Å². The highest BCUT2D eigenvalue weighted by Gasteiger charge is 2.30. The van der Waals surface area contributed by atoms with Crippen LogP contribution in [0.1, 0.15) is 27.9 Å². The van der Waals surface area contributed by atoms with E-state index in [1.165, 1.54) is 6.07 Å². The largest absolute Gasteiger partial charge is 0.478 e. The van der Waals surface area contributed by atoms with Crippen molar-refractivity contribution in [1.29, 1.82) is 0 Å². The van der Waals surface area contributed by atoms with Gasteiger partial charge in [-0.1, -0.05) is 48.0 Å². The highest BCUT2D eigenvalue weighted by atomic mass is 35.5. The third kappa shape index (κ3) is 4.59. The first kappa shape index (κ1) is 20.6. The zero-order valence-electron chi connectivity index (χ0n) is 16.6. The van der Waals surface area contributed by atoms with Gasteiger partial charge in [0.2, 0.25) is 5.91 Å². The molecule has 0 spiro atoms. The molecule has 31 heavy (non-hydrogen) atoms. The molecule has 7 heteroatoms. The number of carbonyl (C=O) groups excluding carboxylic acids is 3. The Balaban J connectivity index is 1.51. The van der Waals surface area contributed by atoms with E-state index in [1.54, 1.807) is 48.5 Å². The lowest BCUT2D eigenvalue weighted by atomic mass is 10.0. The van der Waals surface area contributed by atoms with Crippen LogP contribution in [0.2, 0.25) is 5.02 Å². The number of amides is 2. The predicted octanol–water partition coefficient (Wildman–Crippen LogP) is 4.61. The van der Waals surface area contributed by atoms with Crippen molar-refractivity contribution < 1.29 is 19.1 Å². The number of fused-ring (bicyclic) bond motifs is 1. The fourth-order valence-electron chi connectivity index (χ4n) is 3.33. The molecule has 0 saturated carbocycles. The smallest absolute Gasteiger partial charge is 0.266 e. The summed E-state index contributed by atoms with van der Waals surface area (Å²) in [4.78, 5) is 38.0. The average Bonchev–Trinajstić information content (AvgIpc) is 2.76. The first-order valence-electron chi connectivity index (χ1n) is 9.68. The van der Waals surface area contributed by atoms with E-state index in [0.717, 1.165) is 5.56 Å². The number of nitrogens with one attached hydrogen (secondary N) is 2. The number of anilines is 2. The Morgan fingerprint density at radius 1 is 1.06 bits per heavy atom. The third-order valence-electron chi connectivity index (χ3n) is 4.86. The van der Waals surface area contributed by atoms with E-state index in [1.807, 2.05) is 19.1 Å². The van der Waals surface area contributed by atoms with Crippen molar-refractivity contribution in [3.63, 3.8) is 0 Å². The van der Waals surface area contributed by atoms with E-state index in [2.05, 4.69) is 10.6 Å². The fraction of sp³-hybridized carbons (Fsp3) is 0.125. The number of rotatable bonds is 5. The van der Waals surface area contributed by atoms with Crippen LogP contribution >= 0.6 is 11.6 Å². The summed E-state index contributed by atoms with van der Waals surface area (Å²) < 4.78 is 5.71. The first-order valence-corrected chi connectivity index (χ1v) is 10.1. The molecule has 6 nitrogen and oxygen atoms in total. The monoisotopic (exact) mass is 434 g/mol. The first-order chi connectivity index (χ1) is 14.9. The van der Waals surface area contributed by atoms with Crippen molar-refractivity contribution >= 4 is 40.6 Å². The summed E-state index contributed by atoms with van der Waals surface area (Å²) in [5, 5.41) is 5.85. The van der Waals surface area contributed by atoms with Crippen molar-refractivity contribution in [1.82, 2.24) is 0 Å². The van der Waals surface area contributed by atoms with Gasteiger partial charge in [-0.2, -0.15) is 0 Å². The molecule has 156 valence electrons. The Labute approximate surface area is 184 Å². The van der Waals surface area contributed by atoms with Crippen LogP contribution in [0, 0.1) is 6.92 Å². The van der Waals surface area contributed by atoms with E-state index < -0.39 is 17.9 Å². The van der Waals surface area contributed by atoms with E-state index in [4.69, 9.17) is 16.3 Å². The molecule has 2 N–H and O–H groups in total. The number of ether oxygens (including phenoxy) is 1. The number of hydrogen-bond acceptors (Lipinski definition) is 4. The van der Waals surface area contributed by atoms with Crippen LogP contribution in [0.4, 0.5) is 11.4 Å². The summed E-state index contributed by atoms with van der Waals surface area (Å²) >= 11 is 6.08. The van der Waals surface area contributed by atoms with Gasteiger partial charge in [-0.05, 0) is 42.8 Å². The van der Waals surface area contributed by atoms with Crippen LogP contribution in [0.25, 0.3) is 0 Å². The molecule has 1 aliphatic heterocycles. The lowest BCUT2D eigenvalue weighted by molar-refractivity contribution is -0.128. The molecule has 0 aliphatic carbocycles. The van der Waals surface area contributed by atoms with E-state index >= 15 is 0 Å². The number of hydrogen-bond donors (Lipinski definition) is 2. The van der Waals surface area contributed by atoms with Gasteiger partial charge in [0.1, 0.15) is 5.75 Å². The second kappa shape index (κ2) is 8.62. The molecule has 1 unspecified atom stereocenters. The third-order valence-corrected chi connectivity index (χ3v) is 5.10. The summed E-state index contributed by atoms with van der Waals surface area (Å²) in [6, 6.07) is 18.8. The van der Waals surface area contributed by atoms with Crippen molar-refractivity contribution in [3.8, 4) is 5.75 Å². The molecular formula is C24H19ClN2O4. The summed E-state index contributed by atoms with van der Waals surface area (Å²) in [6.07, 6.45) is -1.18. The summed E-state index contributed by atoms with van der Waals surface area (Å²) in [7, 11) is 0. The van der Waals surface area contributed by atoms with Crippen LogP contribution in [-0.4, -0.2) is 23.7 Å². The molecule has 0 fully saturated rings. The molecule has 1 aliphatic rings. The van der Waals surface area contributed by atoms with E-state index in [9.17, 15) is 14.4 Å². The molecule has 1 atom stereocenters. The number of ketones is 1. The predicted molar refractivity (Wildman–Crippen MR) is 119 cm³/mol. The minimum atomic E-state index is -0.976. The standard InChI is InChI=1S/C24H19ClN2O4/c1-14-7-10-20-19(11-14)27-24(30)21(31-20)13-22(28)26-18-9-8-16(25)12-17(18)23(29)15-5-3-2-4-6-15/h2-12,21H,13H2,1H3,(H,26,28)(H,27,30). The van der Waals surface area contributed by atoms with Crippen molar-refractivity contribution in [2.45, 2.75) is 19.4 Å². The van der Waals surface area contributed by atoms with Gasteiger partial charge in [0.05, 0.1) is 17.8 Å². The molecule has 2 amide bonds. The van der Waals surface area contributed by atoms with Crippen molar-refractivity contribution in [3.05, 3.63) is 88.4 Å². The normalized spacial score (nSPS) is 14.8. The number of carbonyl (C=O) groups is 3. The maximum atomic E-state index is 12.9. The van der Waals surface area contributed by atoms with Gasteiger partial charge in [0.25, 0.3) is 5.91 Å². The van der Waals surface area contributed by atoms with Gasteiger partial charge >= 0.3 is 0 Å². The van der Waals surface area contributed by atoms with E-state index in [-0.39, 0.29) is 17.8 Å². The number of benzene rings is 3. The Bertz CT molecular complexity index is 1180. The maximum absolute atomic E-state index is 12.9. The molecule has 0 saturated heterocycles. The van der Waals surface area contributed by atoms with Gasteiger partial charge < -0.3 is 15.4 Å². The van der Waals surface area contributed by atoms with Crippen molar-refractivity contribution in [2.75, 3.05) is 10.6 Å². The SMILES string of the molecule is Cc1ccc2c(c1)NC(=O)C(CC(=O)Nc1ccc(Cl)cc1C(=O)c1ccccc1)O2. The number of halogens is 1. The van der Waals surface area contributed by atoms with Gasteiger partial charge in [0.15, 0.2) is 11.9 Å². The minimum Gasteiger partial charge on any atom is -0.478 e. The lowest BCUT2D eigenvalue weighted by Crippen LogP contribution is -2.39. The highest BCUT2D eigenvalue weighted by Crippen LogP contribution is 2.31. The Morgan fingerprint density at radius 2 is 1.84 bits per heavy atom. The Hall–Kier alpha value is -3.64. The molecule has 3 aromatic carbocycles. The van der Waals surface area contributed by atoms with Gasteiger partial charge in [0, 0.05) is 16.1 Å². The second-order valence-corrected chi connectivity index (χ2v) is 7.67. The van der Waals surface area contributed by atoms with Gasteiger partial charge in [-0.15, -0.1) is 0 Å². The average molecular weight is 435 g/mol. The van der Waals surface area contributed by atoms with Crippen LogP contribution in [-0.2, 0) is 9.59 Å².